The van der Waals surface area contributed by atoms with Crippen LogP contribution in [0.2, 0.25) is 0 Å². The molecule has 1 N–H and O–H groups in total. The molecule has 0 spiro atoms. The zero-order valence-corrected chi connectivity index (χ0v) is 13.0. The van der Waals surface area contributed by atoms with Gasteiger partial charge in [-0.05, 0) is 25.2 Å². The fraction of sp³-hybridized carbons (Fsp3) is 0.571. The van der Waals surface area contributed by atoms with E-state index in [0.29, 0.717) is 5.92 Å². The Morgan fingerprint density at radius 3 is 2.89 bits per heavy atom. The monoisotopic (exact) mass is 293 g/mol. The average Bonchev–Trinajstić information content (AvgIpc) is 2.89. The van der Waals surface area contributed by atoms with Gasteiger partial charge in [0.1, 0.15) is 5.01 Å². The molecule has 5 heteroatoms. The molecule has 2 aromatic heterocycles. The number of aromatic nitrogens is 2. The largest absolute Gasteiger partial charge is 0.309 e. The van der Waals surface area contributed by atoms with Crippen LogP contribution in [0.25, 0.3) is 9.88 Å². The lowest BCUT2D eigenvalue weighted by molar-refractivity contribution is 0.624. The van der Waals surface area contributed by atoms with E-state index in [-0.39, 0.29) is 0 Å². The second-order valence-corrected chi connectivity index (χ2v) is 7.48. The predicted octanol–water partition coefficient (Wildman–Crippen LogP) is 3.72. The van der Waals surface area contributed by atoms with E-state index < -0.39 is 0 Å². The van der Waals surface area contributed by atoms with Crippen molar-refractivity contribution in [2.45, 2.75) is 45.7 Å². The van der Waals surface area contributed by atoms with Crippen molar-refractivity contribution in [2.24, 2.45) is 5.92 Å². The van der Waals surface area contributed by atoms with Gasteiger partial charge in [0.05, 0.1) is 16.1 Å². The van der Waals surface area contributed by atoms with Crippen LogP contribution in [0.3, 0.4) is 0 Å². The summed E-state index contributed by atoms with van der Waals surface area (Å²) in [7, 11) is 0. The third-order valence-corrected chi connectivity index (χ3v) is 5.19. The molecule has 1 aliphatic rings. The first kappa shape index (κ1) is 13.2. The molecule has 0 radical (unpaired) electrons. The molecule has 0 aliphatic heterocycles. The number of rotatable bonds is 6. The van der Waals surface area contributed by atoms with Gasteiger partial charge in [0.15, 0.2) is 0 Å². The quantitative estimate of drug-likeness (QED) is 0.882. The van der Waals surface area contributed by atoms with E-state index in [1.54, 1.807) is 11.3 Å². The second kappa shape index (κ2) is 5.69. The highest BCUT2D eigenvalue weighted by Gasteiger charge is 2.22. The number of hydrogen-bond donors (Lipinski definition) is 1. The topological polar surface area (TPSA) is 37.8 Å². The molecule has 2 heterocycles. The Hall–Kier alpha value is -0.780. The summed E-state index contributed by atoms with van der Waals surface area (Å²) < 4.78 is 0. The number of nitrogens with one attached hydrogen (secondary N) is 1. The molecule has 1 saturated carbocycles. The van der Waals surface area contributed by atoms with Crippen LogP contribution >= 0.6 is 22.7 Å². The summed E-state index contributed by atoms with van der Waals surface area (Å²) in [5.74, 6) is 0.649. The van der Waals surface area contributed by atoms with Crippen LogP contribution in [0.15, 0.2) is 11.7 Å². The molecule has 2 aromatic rings. The Bertz CT molecular complexity index is 527. The lowest BCUT2D eigenvalue weighted by Crippen LogP contribution is -2.15. The van der Waals surface area contributed by atoms with Gasteiger partial charge < -0.3 is 5.32 Å². The van der Waals surface area contributed by atoms with Crippen LogP contribution < -0.4 is 5.32 Å². The molecular weight excluding hydrogens is 274 g/mol. The van der Waals surface area contributed by atoms with E-state index in [9.17, 15) is 0 Å². The maximum absolute atomic E-state index is 4.84. The van der Waals surface area contributed by atoms with E-state index in [0.717, 1.165) is 24.0 Å². The highest BCUT2D eigenvalue weighted by atomic mass is 32.1. The SMILES string of the molecule is CC(C)Cc1nc(-c2cncs2)sc1CNC1CC1. The van der Waals surface area contributed by atoms with Gasteiger partial charge in [-0.3, -0.25) is 4.98 Å². The summed E-state index contributed by atoms with van der Waals surface area (Å²) in [5, 5.41) is 4.73. The Morgan fingerprint density at radius 1 is 1.42 bits per heavy atom. The van der Waals surface area contributed by atoms with Crippen LogP contribution in [-0.4, -0.2) is 16.0 Å². The van der Waals surface area contributed by atoms with Crippen molar-refractivity contribution in [2.75, 3.05) is 0 Å². The van der Waals surface area contributed by atoms with Gasteiger partial charge in [0.25, 0.3) is 0 Å². The fourth-order valence-electron chi connectivity index (χ4n) is 2.02. The van der Waals surface area contributed by atoms with E-state index in [2.05, 4.69) is 24.1 Å². The lowest BCUT2D eigenvalue weighted by atomic mass is 10.1. The Morgan fingerprint density at radius 2 is 2.26 bits per heavy atom. The summed E-state index contributed by atoms with van der Waals surface area (Å²) in [6, 6.07) is 0.751. The average molecular weight is 293 g/mol. The predicted molar refractivity (Wildman–Crippen MR) is 81.6 cm³/mol. The zero-order valence-electron chi connectivity index (χ0n) is 11.3. The maximum Gasteiger partial charge on any atom is 0.135 e. The molecule has 0 atom stereocenters. The van der Waals surface area contributed by atoms with Gasteiger partial charge in [0.2, 0.25) is 0 Å². The van der Waals surface area contributed by atoms with E-state index in [4.69, 9.17) is 4.98 Å². The highest BCUT2D eigenvalue weighted by Crippen LogP contribution is 2.32. The highest BCUT2D eigenvalue weighted by molar-refractivity contribution is 7.20. The molecule has 102 valence electrons. The van der Waals surface area contributed by atoms with Crippen molar-refractivity contribution in [3.8, 4) is 9.88 Å². The van der Waals surface area contributed by atoms with Gasteiger partial charge in [0, 0.05) is 23.7 Å². The van der Waals surface area contributed by atoms with Crippen LogP contribution in [0.4, 0.5) is 0 Å². The van der Waals surface area contributed by atoms with Crippen LogP contribution in [0, 0.1) is 5.92 Å². The third-order valence-electron chi connectivity index (χ3n) is 3.15. The first-order valence-electron chi connectivity index (χ1n) is 6.83. The number of nitrogens with zero attached hydrogens (tertiary/aromatic N) is 2. The Balaban J connectivity index is 1.81. The van der Waals surface area contributed by atoms with Gasteiger partial charge in [-0.1, -0.05) is 13.8 Å². The molecular formula is C14H19N3S2. The molecule has 0 aromatic carbocycles. The molecule has 0 unspecified atom stereocenters. The van der Waals surface area contributed by atoms with Crippen molar-refractivity contribution in [3.05, 3.63) is 22.3 Å². The van der Waals surface area contributed by atoms with Crippen LogP contribution in [-0.2, 0) is 13.0 Å². The summed E-state index contributed by atoms with van der Waals surface area (Å²) in [6.07, 6.45) is 5.65. The smallest absolute Gasteiger partial charge is 0.135 e. The maximum atomic E-state index is 4.84. The number of thiazole rings is 2. The molecule has 1 fully saturated rings. The Kier molecular flexibility index (Phi) is 3.96. The van der Waals surface area contributed by atoms with Gasteiger partial charge in [-0.15, -0.1) is 22.7 Å². The minimum absolute atomic E-state index is 0.649. The zero-order chi connectivity index (χ0) is 13.2. The summed E-state index contributed by atoms with van der Waals surface area (Å²) in [5.41, 5.74) is 3.15. The standard InChI is InChI=1S/C14H19N3S2/c1-9(2)5-11-12(7-16-10-3-4-10)19-14(17-11)13-6-15-8-18-13/h6,8-10,16H,3-5,7H2,1-2H3. The van der Waals surface area contributed by atoms with Crippen LogP contribution in [0.1, 0.15) is 37.3 Å². The van der Waals surface area contributed by atoms with Crippen molar-refractivity contribution < 1.29 is 0 Å². The summed E-state index contributed by atoms with van der Waals surface area (Å²) >= 11 is 3.50. The lowest BCUT2D eigenvalue weighted by Gasteiger charge is -2.05. The molecule has 1 aliphatic carbocycles. The molecule has 0 saturated heterocycles. The normalized spacial score (nSPS) is 15.3. The van der Waals surface area contributed by atoms with E-state index in [1.807, 2.05) is 23.0 Å². The summed E-state index contributed by atoms with van der Waals surface area (Å²) in [4.78, 5) is 11.6. The Labute approximate surface area is 122 Å². The first-order chi connectivity index (χ1) is 9.22. The minimum atomic E-state index is 0.649. The second-order valence-electron chi connectivity index (χ2n) is 5.51. The molecule has 3 nitrogen and oxygen atoms in total. The molecule has 3 rings (SSSR count). The van der Waals surface area contributed by atoms with Crippen molar-refractivity contribution in [1.29, 1.82) is 0 Å². The first-order valence-corrected chi connectivity index (χ1v) is 8.53. The van der Waals surface area contributed by atoms with Crippen molar-refractivity contribution >= 4 is 22.7 Å². The number of hydrogen-bond acceptors (Lipinski definition) is 5. The van der Waals surface area contributed by atoms with Crippen molar-refractivity contribution in [1.82, 2.24) is 15.3 Å². The van der Waals surface area contributed by atoms with E-state index >= 15 is 0 Å². The van der Waals surface area contributed by atoms with Gasteiger partial charge in [-0.2, -0.15) is 0 Å². The molecule has 19 heavy (non-hydrogen) atoms. The van der Waals surface area contributed by atoms with Gasteiger partial charge >= 0.3 is 0 Å². The third kappa shape index (κ3) is 3.41. The van der Waals surface area contributed by atoms with Gasteiger partial charge in [-0.25, -0.2) is 4.98 Å². The molecule has 0 amide bonds. The van der Waals surface area contributed by atoms with E-state index in [1.165, 1.54) is 28.3 Å². The fourth-order valence-corrected chi connectivity index (χ4v) is 3.74. The van der Waals surface area contributed by atoms with Crippen LogP contribution in [0.5, 0.6) is 0 Å². The van der Waals surface area contributed by atoms with Crippen molar-refractivity contribution in [3.63, 3.8) is 0 Å². The summed E-state index contributed by atoms with van der Waals surface area (Å²) in [6.45, 7) is 5.48. The minimum Gasteiger partial charge on any atom is -0.309 e. The molecule has 0 bridgehead atoms.